The van der Waals surface area contributed by atoms with Gasteiger partial charge in [0.05, 0.1) is 6.61 Å². The maximum atomic E-state index is 12.2. The van der Waals surface area contributed by atoms with E-state index < -0.39 is 5.97 Å². The van der Waals surface area contributed by atoms with Crippen molar-refractivity contribution < 1.29 is 34.1 Å². The molecule has 0 spiro atoms. The number of ether oxygens (including phenoxy) is 2. The molecule has 0 saturated carbocycles. The third-order valence-electron chi connectivity index (χ3n) is 4.64. The fourth-order valence-corrected chi connectivity index (χ4v) is 3.14. The Bertz CT molecular complexity index is 905. The number of hydrogen-bond acceptors (Lipinski definition) is 7. The number of allylic oxidation sites excluding steroid dienone is 2. The Morgan fingerprint density at radius 2 is 2.00 bits per heavy atom. The van der Waals surface area contributed by atoms with Crippen molar-refractivity contribution in [3.63, 3.8) is 0 Å². The van der Waals surface area contributed by atoms with Crippen LogP contribution in [0.4, 0.5) is 0 Å². The number of carbonyl (C=O) groups is 3. The third-order valence-corrected chi connectivity index (χ3v) is 4.64. The van der Waals surface area contributed by atoms with Gasteiger partial charge in [0.1, 0.15) is 6.61 Å². The highest BCUT2D eigenvalue weighted by Crippen LogP contribution is 2.25. The summed E-state index contributed by atoms with van der Waals surface area (Å²) in [6.07, 6.45) is 8.14. The molecular weight excluding hydrogens is 400 g/mol. The second kappa shape index (κ2) is 11.7. The number of benzene rings is 1. The summed E-state index contributed by atoms with van der Waals surface area (Å²) < 4.78 is 10.2. The number of hydrogen-bond donors (Lipinski definition) is 2. The summed E-state index contributed by atoms with van der Waals surface area (Å²) in [5.41, 5.74) is 2.37. The molecule has 31 heavy (non-hydrogen) atoms. The summed E-state index contributed by atoms with van der Waals surface area (Å²) in [6.45, 7) is 4.11. The van der Waals surface area contributed by atoms with Gasteiger partial charge in [0.15, 0.2) is 17.3 Å². The predicted octanol–water partition coefficient (Wildman–Crippen LogP) is 3.85. The zero-order chi connectivity index (χ0) is 22.8. The second-order valence-electron chi connectivity index (χ2n) is 7.77. The number of rotatable bonds is 11. The Labute approximate surface area is 181 Å². The molecule has 7 heteroatoms. The van der Waals surface area contributed by atoms with Crippen LogP contribution in [0.5, 0.6) is 11.5 Å². The standard InChI is InChI=1S/C24H28O7/c1-16(2)10-20(25)11-18(4-3-5-19-13-24(29)31-15-19)14-30-23(28)9-7-17-6-8-21(26)22(27)12-17/h6-10,12-13,18,26-27H,3-5,11,14-15H2,1-2H3. The Morgan fingerprint density at radius 3 is 2.65 bits per heavy atom. The van der Waals surface area contributed by atoms with Crippen molar-refractivity contribution in [1.82, 2.24) is 0 Å². The molecule has 166 valence electrons. The fraction of sp³-hybridized carbons (Fsp3) is 0.375. The Hall–Kier alpha value is -3.35. The molecule has 1 atom stereocenters. The Kier molecular flexibility index (Phi) is 9.06. The van der Waals surface area contributed by atoms with Gasteiger partial charge in [-0.2, -0.15) is 0 Å². The molecule has 0 aromatic heterocycles. The maximum absolute atomic E-state index is 12.2. The maximum Gasteiger partial charge on any atom is 0.331 e. The van der Waals surface area contributed by atoms with Gasteiger partial charge in [-0.05, 0) is 68.5 Å². The first kappa shape index (κ1) is 23.9. The lowest BCUT2D eigenvalue weighted by molar-refractivity contribution is -0.139. The molecule has 2 rings (SSSR count). The van der Waals surface area contributed by atoms with Crippen LogP contribution in [0.1, 0.15) is 45.1 Å². The highest BCUT2D eigenvalue weighted by atomic mass is 16.5. The molecule has 7 nitrogen and oxygen atoms in total. The lowest BCUT2D eigenvalue weighted by Gasteiger charge is -2.15. The van der Waals surface area contributed by atoms with Gasteiger partial charge >= 0.3 is 11.9 Å². The quantitative estimate of drug-likeness (QED) is 0.313. The van der Waals surface area contributed by atoms with Crippen molar-refractivity contribution >= 4 is 23.8 Å². The van der Waals surface area contributed by atoms with Crippen molar-refractivity contribution in [2.45, 2.75) is 39.5 Å². The van der Waals surface area contributed by atoms with Gasteiger partial charge in [0.25, 0.3) is 0 Å². The normalized spacial score (nSPS) is 14.1. The first-order valence-electron chi connectivity index (χ1n) is 10.1. The Morgan fingerprint density at radius 1 is 1.23 bits per heavy atom. The highest BCUT2D eigenvalue weighted by Gasteiger charge is 2.17. The molecule has 0 aliphatic carbocycles. The molecule has 0 radical (unpaired) electrons. The predicted molar refractivity (Wildman–Crippen MR) is 115 cm³/mol. The molecule has 1 heterocycles. The average molecular weight is 428 g/mol. The van der Waals surface area contributed by atoms with Crippen molar-refractivity contribution in [1.29, 1.82) is 0 Å². The lowest BCUT2D eigenvalue weighted by atomic mass is 9.95. The molecule has 1 aromatic carbocycles. The number of aromatic hydroxyl groups is 2. The molecule has 1 aliphatic heterocycles. The second-order valence-corrected chi connectivity index (χ2v) is 7.77. The van der Waals surface area contributed by atoms with Gasteiger partial charge in [0.2, 0.25) is 0 Å². The Balaban J connectivity index is 1.89. The third kappa shape index (κ3) is 8.90. The number of phenols is 2. The van der Waals surface area contributed by atoms with Crippen molar-refractivity contribution in [2.24, 2.45) is 5.92 Å². The molecule has 0 saturated heterocycles. The molecule has 1 aliphatic rings. The summed E-state index contributed by atoms with van der Waals surface area (Å²) >= 11 is 0. The van der Waals surface area contributed by atoms with E-state index in [1.807, 2.05) is 13.8 Å². The zero-order valence-corrected chi connectivity index (χ0v) is 17.8. The van der Waals surface area contributed by atoms with Crippen LogP contribution in [0.25, 0.3) is 6.08 Å². The van der Waals surface area contributed by atoms with Crippen LogP contribution in [0, 0.1) is 5.92 Å². The van der Waals surface area contributed by atoms with Gasteiger partial charge in [0, 0.05) is 24.5 Å². The van der Waals surface area contributed by atoms with Crippen LogP contribution in [-0.4, -0.2) is 41.1 Å². The fourth-order valence-electron chi connectivity index (χ4n) is 3.14. The summed E-state index contributed by atoms with van der Waals surface area (Å²) in [7, 11) is 0. The number of ketones is 1. The number of cyclic esters (lactones) is 1. The minimum absolute atomic E-state index is 0.0187. The van der Waals surface area contributed by atoms with Crippen molar-refractivity contribution in [3.8, 4) is 11.5 Å². The van der Waals surface area contributed by atoms with E-state index in [-0.39, 0.29) is 42.2 Å². The number of carbonyl (C=O) groups excluding carboxylic acids is 3. The molecule has 0 bridgehead atoms. The van der Waals surface area contributed by atoms with E-state index in [9.17, 15) is 24.6 Å². The van der Waals surface area contributed by atoms with Crippen LogP contribution < -0.4 is 0 Å². The smallest absolute Gasteiger partial charge is 0.331 e. The van der Waals surface area contributed by atoms with Gasteiger partial charge < -0.3 is 19.7 Å². The van der Waals surface area contributed by atoms with Gasteiger partial charge in [-0.3, -0.25) is 4.79 Å². The lowest BCUT2D eigenvalue weighted by Crippen LogP contribution is -2.16. The van der Waals surface area contributed by atoms with Gasteiger partial charge in [-0.15, -0.1) is 0 Å². The molecular formula is C24H28O7. The topological polar surface area (TPSA) is 110 Å². The van der Waals surface area contributed by atoms with E-state index in [0.717, 1.165) is 17.6 Å². The highest BCUT2D eigenvalue weighted by molar-refractivity contribution is 5.90. The van der Waals surface area contributed by atoms with Crippen molar-refractivity contribution in [3.05, 3.63) is 53.1 Å². The van der Waals surface area contributed by atoms with Crippen LogP contribution >= 0.6 is 0 Å². The first-order chi connectivity index (χ1) is 14.7. The van der Waals surface area contributed by atoms with E-state index in [2.05, 4.69) is 0 Å². The summed E-state index contributed by atoms with van der Waals surface area (Å²) in [5.74, 6) is -1.57. The van der Waals surface area contributed by atoms with Gasteiger partial charge in [-0.1, -0.05) is 11.6 Å². The van der Waals surface area contributed by atoms with Crippen LogP contribution in [0.15, 0.2) is 47.6 Å². The van der Waals surface area contributed by atoms with Crippen LogP contribution in [-0.2, 0) is 23.9 Å². The number of phenolic OH excluding ortho intramolecular Hbond substituents is 2. The van der Waals surface area contributed by atoms with E-state index in [4.69, 9.17) is 9.47 Å². The molecule has 1 unspecified atom stereocenters. The van der Waals surface area contributed by atoms with Crippen LogP contribution in [0.3, 0.4) is 0 Å². The SMILES string of the molecule is CC(C)=CC(=O)CC(CCCC1=CC(=O)OC1)COC(=O)C=Cc1ccc(O)c(O)c1. The van der Waals surface area contributed by atoms with E-state index in [1.54, 1.807) is 12.1 Å². The van der Waals surface area contributed by atoms with E-state index in [1.165, 1.54) is 30.4 Å². The summed E-state index contributed by atoms with van der Waals surface area (Å²) in [5, 5.41) is 18.8. The molecule has 0 amide bonds. The van der Waals surface area contributed by atoms with E-state index >= 15 is 0 Å². The van der Waals surface area contributed by atoms with E-state index in [0.29, 0.717) is 25.0 Å². The largest absolute Gasteiger partial charge is 0.504 e. The molecule has 1 aromatic rings. The van der Waals surface area contributed by atoms with Gasteiger partial charge in [-0.25, -0.2) is 9.59 Å². The summed E-state index contributed by atoms with van der Waals surface area (Å²) in [4.78, 5) is 35.4. The summed E-state index contributed by atoms with van der Waals surface area (Å²) in [6, 6.07) is 4.20. The van der Waals surface area contributed by atoms with Crippen LogP contribution in [0.2, 0.25) is 0 Å². The number of esters is 2. The average Bonchev–Trinajstić information content (AvgIpc) is 3.11. The molecule has 2 N–H and O–H groups in total. The first-order valence-corrected chi connectivity index (χ1v) is 10.1. The zero-order valence-electron chi connectivity index (χ0n) is 17.8. The van der Waals surface area contributed by atoms with Crippen molar-refractivity contribution in [2.75, 3.05) is 13.2 Å². The minimum Gasteiger partial charge on any atom is -0.504 e. The molecule has 0 fully saturated rings. The monoisotopic (exact) mass is 428 g/mol. The minimum atomic E-state index is -0.565.